The third-order valence-corrected chi connectivity index (χ3v) is 5.98. The van der Waals surface area contributed by atoms with Gasteiger partial charge in [-0.05, 0) is 51.9 Å². The van der Waals surface area contributed by atoms with E-state index < -0.39 is 0 Å². The van der Waals surface area contributed by atoms with E-state index in [0.717, 1.165) is 38.3 Å². The number of para-hydroxylation sites is 2. The van der Waals surface area contributed by atoms with E-state index in [4.69, 9.17) is 0 Å². The average Bonchev–Trinajstić information content (AvgIpc) is 2.89. The average molecular weight is 441 g/mol. The molecule has 5 nitrogen and oxygen atoms in total. The summed E-state index contributed by atoms with van der Waals surface area (Å²) in [4.78, 5) is 17.1. The van der Waals surface area contributed by atoms with E-state index in [0.29, 0.717) is 11.3 Å². The van der Waals surface area contributed by atoms with Gasteiger partial charge in [0, 0.05) is 11.3 Å². The van der Waals surface area contributed by atoms with Gasteiger partial charge in [0.1, 0.15) is 0 Å². The predicted molar refractivity (Wildman–Crippen MR) is 140 cm³/mol. The Morgan fingerprint density at radius 1 is 0.706 bits per heavy atom. The van der Waals surface area contributed by atoms with Gasteiger partial charge in [-0.15, -0.1) is 0 Å². The summed E-state index contributed by atoms with van der Waals surface area (Å²) in [7, 11) is 0. The highest BCUT2D eigenvalue weighted by Gasteiger charge is 2.12. The summed E-state index contributed by atoms with van der Waals surface area (Å²) in [6, 6.07) is 36.0. The van der Waals surface area contributed by atoms with Crippen molar-refractivity contribution in [3.8, 4) is 5.69 Å². The third-order valence-electron chi connectivity index (χ3n) is 5.98. The molecule has 1 heterocycles. The fraction of sp³-hybridized carbons (Fsp3) is 0. The smallest absolute Gasteiger partial charge is 0.279 e. The summed E-state index contributed by atoms with van der Waals surface area (Å²) >= 11 is 0. The van der Waals surface area contributed by atoms with Crippen molar-refractivity contribution in [2.75, 3.05) is 5.43 Å². The molecule has 0 aliphatic carbocycles. The van der Waals surface area contributed by atoms with Crippen molar-refractivity contribution in [3.63, 3.8) is 0 Å². The molecule has 5 heteroatoms. The number of fused-ring (bicyclic) bond motifs is 3. The Morgan fingerprint density at radius 2 is 1.29 bits per heavy atom. The van der Waals surface area contributed by atoms with Crippen molar-refractivity contribution in [2.45, 2.75) is 0 Å². The number of hydrogen-bond donors (Lipinski definition) is 1. The van der Waals surface area contributed by atoms with Crippen LogP contribution in [0.2, 0.25) is 0 Å². The quantitative estimate of drug-likeness (QED) is 0.204. The Kier molecular flexibility index (Phi) is 4.85. The summed E-state index contributed by atoms with van der Waals surface area (Å²) in [5.41, 5.74) is 5.41. The largest absolute Gasteiger partial charge is 0.282 e. The molecule has 6 rings (SSSR count). The van der Waals surface area contributed by atoms with Crippen LogP contribution in [0.5, 0.6) is 0 Å². The van der Waals surface area contributed by atoms with E-state index >= 15 is 0 Å². The molecule has 0 amide bonds. The van der Waals surface area contributed by atoms with Crippen LogP contribution in [-0.4, -0.2) is 15.8 Å². The second-order valence-electron chi connectivity index (χ2n) is 8.03. The number of benzene rings is 5. The fourth-order valence-electron chi connectivity index (χ4n) is 4.43. The van der Waals surface area contributed by atoms with Crippen molar-refractivity contribution < 1.29 is 0 Å². The molecule has 0 spiro atoms. The zero-order valence-electron chi connectivity index (χ0n) is 18.2. The number of anilines is 1. The first-order valence-corrected chi connectivity index (χ1v) is 11.1. The number of nitrogens with zero attached hydrogens (tertiary/aromatic N) is 3. The molecule has 162 valence electrons. The summed E-state index contributed by atoms with van der Waals surface area (Å²) in [6.45, 7) is 0. The fourth-order valence-corrected chi connectivity index (χ4v) is 4.43. The van der Waals surface area contributed by atoms with Gasteiger partial charge in [-0.25, -0.2) is 5.43 Å². The number of hydrazone groups is 1. The van der Waals surface area contributed by atoms with Gasteiger partial charge in [-0.3, -0.25) is 9.36 Å². The van der Waals surface area contributed by atoms with Crippen LogP contribution in [-0.2, 0) is 0 Å². The van der Waals surface area contributed by atoms with E-state index in [1.807, 2.05) is 77.4 Å². The van der Waals surface area contributed by atoms with Crippen LogP contribution >= 0.6 is 0 Å². The Balaban J connectivity index is 1.51. The second-order valence-corrected chi connectivity index (χ2v) is 8.03. The number of aromatic nitrogens is 2. The van der Waals surface area contributed by atoms with Gasteiger partial charge < -0.3 is 0 Å². The molecule has 34 heavy (non-hydrogen) atoms. The van der Waals surface area contributed by atoms with Gasteiger partial charge in [0.2, 0.25) is 5.95 Å². The topological polar surface area (TPSA) is 59.3 Å². The highest BCUT2D eigenvalue weighted by Crippen LogP contribution is 2.27. The molecule has 0 fully saturated rings. The number of rotatable bonds is 4. The van der Waals surface area contributed by atoms with Gasteiger partial charge in [0.15, 0.2) is 0 Å². The van der Waals surface area contributed by atoms with E-state index in [9.17, 15) is 4.79 Å². The van der Waals surface area contributed by atoms with Crippen LogP contribution < -0.4 is 11.0 Å². The van der Waals surface area contributed by atoms with Crippen molar-refractivity contribution in [1.29, 1.82) is 0 Å². The van der Waals surface area contributed by atoms with E-state index in [-0.39, 0.29) is 5.56 Å². The molecule has 0 bridgehead atoms. The highest BCUT2D eigenvalue weighted by atomic mass is 16.1. The third kappa shape index (κ3) is 3.40. The zero-order valence-corrected chi connectivity index (χ0v) is 18.2. The predicted octanol–water partition coefficient (Wildman–Crippen LogP) is 6.14. The minimum Gasteiger partial charge on any atom is -0.279 e. The first-order chi connectivity index (χ1) is 16.8. The summed E-state index contributed by atoms with van der Waals surface area (Å²) < 4.78 is 1.91. The monoisotopic (exact) mass is 440 g/mol. The highest BCUT2D eigenvalue weighted by molar-refractivity contribution is 6.13. The molecule has 1 aromatic heterocycles. The molecule has 5 aromatic carbocycles. The molecular formula is C29H20N4O. The summed E-state index contributed by atoms with van der Waals surface area (Å²) in [5, 5.41) is 9.62. The first-order valence-electron chi connectivity index (χ1n) is 11.1. The summed E-state index contributed by atoms with van der Waals surface area (Å²) in [5.74, 6) is 0.357. The van der Waals surface area contributed by atoms with E-state index in [1.54, 1.807) is 12.3 Å². The molecule has 1 N–H and O–H groups in total. The second kappa shape index (κ2) is 8.30. The first kappa shape index (κ1) is 19.9. The van der Waals surface area contributed by atoms with Crippen LogP contribution in [0.4, 0.5) is 5.95 Å². The molecule has 0 saturated heterocycles. The summed E-state index contributed by atoms with van der Waals surface area (Å²) in [6.07, 6.45) is 1.81. The zero-order chi connectivity index (χ0) is 22.9. The van der Waals surface area contributed by atoms with Gasteiger partial charge in [0.05, 0.1) is 17.1 Å². The van der Waals surface area contributed by atoms with Gasteiger partial charge >= 0.3 is 0 Å². The lowest BCUT2D eigenvalue weighted by Crippen LogP contribution is -2.17. The Labute approximate surface area is 195 Å². The molecule has 0 unspecified atom stereocenters. The molecule has 0 aliphatic heterocycles. The molecule has 0 aliphatic rings. The van der Waals surface area contributed by atoms with E-state index in [2.05, 4.69) is 45.8 Å². The SMILES string of the molecule is O=c1nc(N/N=C\c2c3ccccc3cc3ccccc23)n(-c2ccccc2)c2ccccc12. The number of hydrogen-bond acceptors (Lipinski definition) is 4. The minimum atomic E-state index is -0.295. The molecule has 0 saturated carbocycles. The van der Waals surface area contributed by atoms with Crippen molar-refractivity contribution in [2.24, 2.45) is 5.10 Å². The minimum absolute atomic E-state index is 0.295. The van der Waals surface area contributed by atoms with Crippen LogP contribution in [0.3, 0.4) is 0 Å². The molecular weight excluding hydrogens is 420 g/mol. The van der Waals surface area contributed by atoms with Crippen molar-refractivity contribution >= 4 is 44.6 Å². The maximum Gasteiger partial charge on any atom is 0.282 e. The van der Waals surface area contributed by atoms with Crippen molar-refractivity contribution in [3.05, 3.63) is 125 Å². The molecule has 0 atom stereocenters. The normalized spacial score (nSPS) is 11.5. The van der Waals surface area contributed by atoms with Crippen LogP contribution in [0.25, 0.3) is 38.1 Å². The Morgan fingerprint density at radius 3 is 2.00 bits per heavy atom. The maximum absolute atomic E-state index is 12.7. The standard InChI is InChI=1S/C29H20N4O/c34-28-25-16-8-9-17-27(25)33(22-12-2-1-3-13-22)29(31-28)32-30-19-26-23-14-6-4-10-20(23)18-21-11-5-7-15-24(21)26/h1-19H,(H,31,32,34)/b30-19-. The maximum atomic E-state index is 12.7. The molecule has 0 radical (unpaired) electrons. The van der Waals surface area contributed by atoms with Crippen LogP contribution in [0, 0.1) is 0 Å². The number of nitrogens with one attached hydrogen (secondary N) is 1. The Hall–Kier alpha value is -4.77. The van der Waals surface area contributed by atoms with Gasteiger partial charge in [0.25, 0.3) is 5.56 Å². The lowest BCUT2D eigenvalue weighted by molar-refractivity contribution is 1.00. The lowest BCUT2D eigenvalue weighted by Gasteiger charge is -2.15. The Bertz CT molecular complexity index is 1700. The van der Waals surface area contributed by atoms with Crippen LogP contribution in [0.15, 0.2) is 119 Å². The van der Waals surface area contributed by atoms with Crippen LogP contribution in [0.1, 0.15) is 5.56 Å². The van der Waals surface area contributed by atoms with E-state index in [1.165, 1.54) is 0 Å². The van der Waals surface area contributed by atoms with Gasteiger partial charge in [-0.1, -0.05) is 78.9 Å². The lowest BCUT2D eigenvalue weighted by atomic mass is 9.97. The van der Waals surface area contributed by atoms with Gasteiger partial charge in [-0.2, -0.15) is 10.1 Å². The van der Waals surface area contributed by atoms with Crippen molar-refractivity contribution in [1.82, 2.24) is 9.55 Å². The molecule has 6 aromatic rings.